The van der Waals surface area contributed by atoms with Crippen LogP contribution in [0.25, 0.3) is 11.5 Å². The minimum atomic E-state index is -3.82. The number of anilines is 1. The molecule has 0 saturated heterocycles. The van der Waals surface area contributed by atoms with Gasteiger partial charge in [0.1, 0.15) is 0 Å². The molecule has 0 radical (unpaired) electrons. The highest BCUT2D eigenvalue weighted by Crippen LogP contribution is 2.32. The first-order valence-corrected chi connectivity index (χ1v) is 10.7. The van der Waals surface area contributed by atoms with E-state index in [9.17, 15) is 8.42 Å². The average molecular weight is 420 g/mol. The van der Waals surface area contributed by atoms with Gasteiger partial charge in [-0.05, 0) is 63.5 Å². The van der Waals surface area contributed by atoms with Crippen molar-refractivity contribution in [3.05, 3.63) is 59.6 Å². The summed E-state index contributed by atoms with van der Waals surface area (Å²) >= 11 is 5.94. The number of hydrogen-bond donors (Lipinski definition) is 1. The lowest BCUT2D eigenvalue weighted by molar-refractivity contribution is 0.404. The number of benzene rings is 2. The zero-order valence-electron chi connectivity index (χ0n) is 15.7. The summed E-state index contributed by atoms with van der Waals surface area (Å²) in [6.07, 6.45) is 0.828. The third-order valence-electron chi connectivity index (χ3n) is 4.06. The molecule has 0 bridgehead atoms. The van der Waals surface area contributed by atoms with Gasteiger partial charge >= 0.3 is 0 Å². The number of oxazole rings is 1. The van der Waals surface area contributed by atoms with Gasteiger partial charge in [-0.3, -0.25) is 0 Å². The summed E-state index contributed by atoms with van der Waals surface area (Å²) < 4.78 is 32.0. The molecule has 28 heavy (non-hydrogen) atoms. The molecular weight excluding hydrogens is 398 g/mol. The van der Waals surface area contributed by atoms with Gasteiger partial charge in [0.05, 0.1) is 4.90 Å². The minimum absolute atomic E-state index is 0.117. The summed E-state index contributed by atoms with van der Waals surface area (Å²) in [5.41, 5.74) is 0.648. The van der Waals surface area contributed by atoms with Crippen LogP contribution in [0.15, 0.2) is 68.9 Å². The lowest BCUT2D eigenvalue weighted by atomic mass is 10.2. The molecule has 0 saturated carbocycles. The summed E-state index contributed by atoms with van der Waals surface area (Å²) in [5.74, 6) is 0.369. The van der Waals surface area contributed by atoms with Crippen LogP contribution in [0, 0.1) is 0 Å². The Balaban J connectivity index is 1.97. The van der Waals surface area contributed by atoms with Crippen LogP contribution in [0.2, 0.25) is 5.02 Å². The van der Waals surface area contributed by atoms with Gasteiger partial charge in [0.2, 0.25) is 26.6 Å². The number of rotatable bonds is 8. The van der Waals surface area contributed by atoms with Crippen molar-refractivity contribution in [1.82, 2.24) is 9.88 Å². The van der Waals surface area contributed by atoms with E-state index in [-0.39, 0.29) is 21.7 Å². The highest BCUT2D eigenvalue weighted by Gasteiger charge is 2.28. The third kappa shape index (κ3) is 4.73. The first-order valence-electron chi connectivity index (χ1n) is 8.83. The fraction of sp³-hybridized carbons (Fsp3) is 0.250. The standard InChI is InChI=1S/C20H22ClN3O3S/c1-24(2)14-6-13-22-19-20(28(25,26)17-7-4-3-5-8-17)23-18(27-19)15-9-11-16(21)12-10-15/h3-5,7-12,22H,6,13-14H2,1-2H3. The summed E-state index contributed by atoms with van der Waals surface area (Å²) in [4.78, 5) is 6.53. The molecule has 1 aromatic heterocycles. The van der Waals surface area contributed by atoms with Crippen LogP contribution in [0.4, 0.5) is 5.88 Å². The van der Waals surface area contributed by atoms with Gasteiger partial charge in [-0.1, -0.05) is 29.8 Å². The molecule has 0 unspecified atom stereocenters. The summed E-state index contributed by atoms with van der Waals surface area (Å²) in [7, 11) is 0.147. The molecular formula is C20H22ClN3O3S. The second-order valence-corrected chi connectivity index (χ2v) is 8.86. The summed E-state index contributed by atoms with van der Waals surface area (Å²) in [5, 5.41) is 3.55. The van der Waals surface area contributed by atoms with E-state index in [4.69, 9.17) is 16.0 Å². The van der Waals surface area contributed by atoms with Crippen LogP contribution < -0.4 is 5.32 Å². The molecule has 0 aliphatic rings. The van der Waals surface area contributed by atoms with Crippen molar-refractivity contribution in [1.29, 1.82) is 0 Å². The zero-order chi connectivity index (χ0) is 20.1. The fourth-order valence-electron chi connectivity index (χ4n) is 2.62. The molecule has 0 aliphatic heterocycles. The Kier molecular flexibility index (Phi) is 6.39. The van der Waals surface area contributed by atoms with Gasteiger partial charge in [-0.15, -0.1) is 0 Å². The molecule has 0 atom stereocenters. The minimum Gasteiger partial charge on any atom is -0.419 e. The van der Waals surface area contributed by atoms with E-state index in [1.807, 2.05) is 14.1 Å². The second-order valence-electron chi connectivity index (χ2n) is 6.56. The first kappa shape index (κ1) is 20.4. The van der Waals surface area contributed by atoms with Gasteiger partial charge < -0.3 is 14.6 Å². The van der Waals surface area contributed by atoms with Crippen molar-refractivity contribution in [2.45, 2.75) is 16.3 Å². The molecule has 3 aromatic rings. The van der Waals surface area contributed by atoms with Crippen LogP contribution in [0.1, 0.15) is 6.42 Å². The van der Waals surface area contributed by atoms with E-state index in [0.717, 1.165) is 13.0 Å². The van der Waals surface area contributed by atoms with Crippen molar-refractivity contribution >= 4 is 27.3 Å². The lowest BCUT2D eigenvalue weighted by Gasteiger charge is -2.10. The first-order chi connectivity index (χ1) is 13.4. The molecule has 0 amide bonds. The van der Waals surface area contributed by atoms with Crippen molar-refractivity contribution < 1.29 is 12.8 Å². The van der Waals surface area contributed by atoms with Crippen LogP contribution in [0.3, 0.4) is 0 Å². The molecule has 0 spiro atoms. The van der Waals surface area contributed by atoms with Gasteiger partial charge in [0.15, 0.2) is 0 Å². The molecule has 0 aliphatic carbocycles. The maximum Gasteiger partial charge on any atom is 0.233 e. The Morgan fingerprint density at radius 1 is 1.07 bits per heavy atom. The van der Waals surface area contributed by atoms with E-state index < -0.39 is 9.84 Å². The second kappa shape index (κ2) is 8.77. The smallest absolute Gasteiger partial charge is 0.233 e. The Hall–Kier alpha value is -2.35. The number of nitrogens with zero attached hydrogens (tertiary/aromatic N) is 2. The van der Waals surface area contributed by atoms with Gasteiger partial charge in [-0.25, -0.2) is 8.42 Å². The number of sulfone groups is 1. The van der Waals surface area contributed by atoms with Crippen molar-refractivity contribution in [3.8, 4) is 11.5 Å². The predicted octanol–water partition coefficient (Wildman–Crippen LogP) is 4.19. The molecule has 0 fully saturated rings. The summed E-state index contributed by atoms with van der Waals surface area (Å²) in [6.45, 7) is 1.43. The van der Waals surface area contributed by atoms with Gasteiger partial charge in [-0.2, -0.15) is 4.98 Å². The monoisotopic (exact) mass is 419 g/mol. The van der Waals surface area contributed by atoms with Crippen LogP contribution in [0.5, 0.6) is 0 Å². The largest absolute Gasteiger partial charge is 0.419 e. The number of hydrogen-bond acceptors (Lipinski definition) is 6. The van der Waals surface area contributed by atoms with E-state index in [2.05, 4.69) is 15.2 Å². The van der Waals surface area contributed by atoms with Crippen molar-refractivity contribution in [3.63, 3.8) is 0 Å². The molecule has 2 aromatic carbocycles. The number of aromatic nitrogens is 1. The van der Waals surface area contributed by atoms with Gasteiger partial charge in [0, 0.05) is 17.1 Å². The predicted molar refractivity (Wildman–Crippen MR) is 111 cm³/mol. The number of halogens is 1. The third-order valence-corrected chi connectivity index (χ3v) is 5.99. The highest BCUT2D eigenvalue weighted by molar-refractivity contribution is 7.91. The zero-order valence-corrected chi connectivity index (χ0v) is 17.3. The van der Waals surface area contributed by atoms with E-state index >= 15 is 0 Å². The quantitative estimate of drug-likeness (QED) is 0.552. The van der Waals surface area contributed by atoms with E-state index in [1.54, 1.807) is 54.6 Å². The lowest BCUT2D eigenvalue weighted by Crippen LogP contribution is -2.17. The molecule has 8 heteroatoms. The molecule has 1 heterocycles. The normalized spacial score (nSPS) is 11.7. The van der Waals surface area contributed by atoms with Crippen molar-refractivity contribution in [2.75, 3.05) is 32.5 Å². The Morgan fingerprint density at radius 3 is 2.39 bits per heavy atom. The van der Waals surface area contributed by atoms with E-state index in [1.165, 1.54) is 0 Å². The maximum atomic E-state index is 13.1. The Labute approximate surface area is 170 Å². The van der Waals surface area contributed by atoms with Crippen LogP contribution in [-0.4, -0.2) is 45.5 Å². The molecule has 148 valence electrons. The Bertz CT molecular complexity index is 1020. The highest BCUT2D eigenvalue weighted by atomic mass is 35.5. The molecule has 6 nitrogen and oxygen atoms in total. The summed E-state index contributed by atoms with van der Waals surface area (Å²) in [6, 6.07) is 15.1. The van der Waals surface area contributed by atoms with Crippen LogP contribution in [-0.2, 0) is 9.84 Å². The molecule has 3 rings (SSSR count). The number of nitrogens with one attached hydrogen (secondary N) is 1. The average Bonchev–Trinajstić information content (AvgIpc) is 3.11. The van der Waals surface area contributed by atoms with Gasteiger partial charge in [0.25, 0.3) is 0 Å². The molecule has 1 N–H and O–H groups in total. The van der Waals surface area contributed by atoms with Crippen LogP contribution >= 0.6 is 11.6 Å². The van der Waals surface area contributed by atoms with Crippen molar-refractivity contribution in [2.24, 2.45) is 0 Å². The SMILES string of the molecule is CN(C)CCCNc1oc(-c2ccc(Cl)cc2)nc1S(=O)(=O)c1ccccc1. The Morgan fingerprint density at radius 2 is 1.75 bits per heavy atom. The maximum absolute atomic E-state index is 13.1. The topological polar surface area (TPSA) is 75.4 Å². The fourth-order valence-corrected chi connectivity index (χ4v) is 4.05. The van der Waals surface area contributed by atoms with E-state index in [0.29, 0.717) is 17.1 Å².